The van der Waals surface area contributed by atoms with Crippen molar-refractivity contribution >= 4 is 17.6 Å². The maximum Gasteiger partial charge on any atom is 0.326 e. The molecule has 0 radical (unpaired) electrons. The monoisotopic (exact) mass is 313 g/mol. The van der Waals surface area contributed by atoms with Crippen molar-refractivity contribution < 1.29 is 9.53 Å². The second-order valence-electron chi connectivity index (χ2n) is 5.69. The lowest BCUT2D eigenvalue weighted by molar-refractivity contribution is -0.150. The zero-order valence-corrected chi connectivity index (χ0v) is 13.5. The van der Waals surface area contributed by atoms with Crippen molar-refractivity contribution in [3.63, 3.8) is 0 Å². The van der Waals surface area contributed by atoms with Crippen molar-refractivity contribution in [3.8, 4) is 0 Å². The number of nitrogens with one attached hydrogen (secondary N) is 1. The second-order valence-corrected chi connectivity index (χ2v) is 6.13. The first-order valence-corrected chi connectivity index (χ1v) is 8.01. The van der Waals surface area contributed by atoms with Crippen LogP contribution in [0.25, 0.3) is 0 Å². The van der Waals surface area contributed by atoms with E-state index in [-0.39, 0.29) is 11.9 Å². The van der Waals surface area contributed by atoms with Crippen LogP contribution >= 0.6 is 11.6 Å². The fourth-order valence-corrected chi connectivity index (χ4v) is 3.48. The Kier molecular flexibility index (Phi) is 5.65. The lowest BCUT2D eigenvalue weighted by Crippen LogP contribution is -2.55. The summed E-state index contributed by atoms with van der Waals surface area (Å²) in [6, 6.07) is 0. The Balaban J connectivity index is 2.05. The predicted octanol–water partition coefficient (Wildman–Crippen LogP) is 2.64. The molecular weight excluding hydrogens is 290 g/mol. The SMILES string of the molecule is CCCNC1(C(=O)OC)CCCC1CCn1cc(Cl)cn1. The first-order valence-electron chi connectivity index (χ1n) is 7.63. The van der Waals surface area contributed by atoms with Crippen LogP contribution in [0.1, 0.15) is 39.0 Å². The summed E-state index contributed by atoms with van der Waals surface area (Å²) in [4.78, 5) is 12.3. The largest absolute Gasteiger partial charge is 0.468 e. The summed E-state index contributed by atoms with van der Waals surface area (Å²) in [6.07, 6.45) is 8.29. The van der Waals surface area contributed by atoms with E-state index in [1.165, 1.54) is 7.11 Å². The maximum atomic E-state index is 12.3. The quantitative estimate of drug-likeness (QED) is 0.786. The van der Waals surface area contributed by atoms with Crippen LogP contribution in [0.4, 0.5) is 0 Å². The van der Waals surface area contributed by atoms with E-state index < -0.39 is 5.54 Å². The van der Waals surface area contributed by atoms with Crippen LogP contribution < -0.4 is 5.32 Å². The average Bonchev–Trinajstić information content (AvgIpc) is 3.09. The third kappa shape index (κ3) is 3.58. The van der Waals surface area contributed by atoms with Crippen molar-refractivity contribution in [2.75, 3.05) is 13.7 Å². The average molecular weight is 314 g/mol. The molecule has 1 N–H and O–H groups in total. The Morgan fingerprint density at radius 1 is 1.67 bits per heavy atom. The summed E-state index contributed by atoms with van der Waals surface area (Å²) in [6.45, 7) is 3.71. The van der Waals surface area contributed by atoms with Gasteiger partial charge in [0.1, 0.15) is 5.54 Å². The van der Waals surface area contributed by atoms with E-state index >= 15 is 0 Å². The van der Waals surface area contributed by atoms with Crippen LogP contribution in [0.2, 0.25) is 5.02 Å². The van der Waals surface area contributed by atoms with Gasteiger partial charge in [0, 0.05) is 12.7 Å². The highest BCUT2D eigenvalue weighted by atomic mass is 35.5. The highest BCUT2D eigenvalue weighted by Gasteiger charge is 2.49. The zero-order chi connectivity index (χ0) is 15.3. The maximum absolute atomic E-state index is 12.3. The lowest BCUT2D eigenvalue weighted by Gasteiger charge is -2.34. The van der Waals surface area contributed by atoms with Gasteiger partial charge >= 0.3 is 5.97 Å². The first kappa shape index (κ1) is 16.3. The molecule has 1 saturated carbocycles. The molecule has 2 unspecified atom stereocenters. The third-order valence-corrected chi connectivity index (χ3v) is 4.56. The number of aryl methyl sites for hydroxylation is 1. The highest BCUT2D eigenvalue weighted by Crippen LogP contribution is 2.39. The molecule has 0 aliphatic heterocycles. The number of esters is 1. The van der Waals surface area contributed by atoms with Gasteiger partial charge in [0.25, 0.3) is 0 Å². The van der Waals surface area contributed by atoms with Crippen LogP contribution in [0.3, 0.4) is 0 Å². The van der Waals surface area contributed by atoms with Gasteiger partial charge in [0.05, 0.1) is 18.3 Å². The molecule has 1 aliphatic rings. The molecule has 1 heterocycles. The van der Waals surface area contributed by atoms with E-state index in [1.54, 1.807) is 6.20 Å². The Hall–Kier alpha value is -1.07. The van der Waals surface area contributed by atoms with Crippen molar-refractivity contribution in [3.05, 3.63) is 17.4 Å². The predicted molar refractivity (Wildman–Crippen MR) is 82.2 cm³/mol. The van der Waals surface area contributed by atoms with Gasteiger partial charge in [-0.15, -0.1) is 0 Å². The Labute approximate surface area is 131 Å². The van der Waals surface area contributed by atoms with E-state index in [9.17, 15) is 4.79 Å². The van der Waals surface area contributed by atoms with Crippen LogP contribution in [0.15, 0.2) is 12.4 Å². The Bertz CT molecular complexity index is 477. The van der Waals surface area contributed by atoms with Crippen molar-refractivity contribution in [1.82, 2.24) is 15.1 Å². The van der Waals surface area contributed by atoms with E-state index in [1.807, 2.05) is 10.9 Å². The topological polar surface area (TPSA) is 56.1 Å². The molecule has 1 aromatic rings. The van der Waals surface area contributed by atoms with Crippen molar-refractivity contribution in [1.29, 1.82) is 0 Å². The number of hydrogen-bond donors (Lipinski definition) is 1. The van der Waals surface area contributed by atoms with Gasteiger partial charge < -0.3 is 10.1 Å². The van der Waals surface area contributed by atoms with Gasteiger partial charge in [-0.1, -0.05) is 24.9 Å². The molecule has 118 valence electrons. The van der Waals surface area contributed by atoms with Crippen molar-refractivity contribution in [2.45, 2.75) is 51.1 Å². The van der Waals surface area contributed by atoms with E-state index in [0.29, 0.717) is 5.02 Å². The van der Waals surface area contributed by atoms with Gasteiger partial charge in [-0.25, -0.2) is 0 Å². The lowest BCUT2D eigenvalue weighted by atomic mass is 9.84. The molecule has 0 saturated heterocycles. The summed E-state index contributed by atoms with van der Waals surface area (Å²) in [5.74, 6) is 0.149. The van der Waals surface area contributed by atoms with Gasteiger partial charge in [-0.2, -0.15) is 5.10 Å². The molecule has 0 spiro atoms. The Morgan fingerprint density at radius 3 is 3.10 bits per heavy atom. The summed E-state index contributed by atoms with van der Waals surface area (Å²) in [5.41, 5.74) is -0.526. The second kappa shape index (κ2) is 7.27. The minimum absolute atomic E-state index is 0.128. The summed E-state index contributed by atoms with van der Waals surface area (Å²) in [5, 5.41) is 8.30. The Morgan fingerprint density at radius 2 is 2.48 bits per heavy atom. The number of rotatable bonds is 7. The number of carbonyl (C=O) groups is 1. The highest BCUT2D eigenvalue weighted by molar-refractivity contribution is 6.30. The number of ether oxygens (including phenoxy) is 1. The van der Waals surface area contributed by atoms with Crippen LogP contribution in [-0.2, 0) is 16.1 Å². The van der Waals surface area contributed by atoms with Crippen molar-refractivity contribution in [2.24, 2.45) is 5.92 Å². The number of methoxy groups -OCH3 is 1. The third-order valence-electron chi connectivity index (χ3n) is 4.37. The fourth-order valence-electron chi connectivity index (χ4n) is 3.32. The number of carbonyl (C=O) groups excluding carboxylic acids is 1. The molecule has 2 atom stereocenters. The molecule has 0 bridgehead atoms. The summed E-state index contributed by atoms with van der Waals surface area (Å²) in [7, 11) is 1.47. The van der Waals surface area contributed by atoms with E-state index in [4.69, 9.17) is 16.3 Å². The standard InChI is InChI=1S/C15H24ClN3O2/c1-3-8-17-15(14(20)21-2)7-4-5-12(15)6-9-19-11-13(16)10-18-19/h10-12,17H,3-9H2,1-2H3. The van der Waals surface area contributed by atoms with Gasteiger partial charge in [-0.05, 0) is 38.1 Å². The first-order chi connectivity index (χ1) is 10.1. The smallest absolute Gasteiger partial charge is 0.326 e. The minimum atomic E-state index is -0.526. The molecule has 1 fully saturated rings. The number of aromatic nitrogens is 2. The number of nitrogens with zero attached hydrogens (tertiary/aromatic N) is 2. The minimum Gasteiger partial charge on any atom is -0.468 e. The van der Waals surface area contributed by atoms with Crippen LogP contribution in [0, 0.1) is 5.92 Å². The number of halogens is 1. The summed E-state index contributed by atoms with van der Waals surface area (Å²) < 4.78 is 6.91. The molecule has 6 heteroatoms. The van der Waals surface area contributed by atoms with Gasteiger partial charge in [0.2, 0.25) is 0 Å². The van der Waals surface area contributed by atoms with E-state index in [2.05, 4.69) is 17.3 Å². The summed E-state index contributed by atoms with van der Waals surface area (Å²) >= 11 is 5.88. The molecule has 21 heavy (non-hydrogen) atoms. The van der Waals surface area contributed by atoms with E-state index in [0.717, 1.165) is 45.2 Å². The van der Waals surface area contributed by atoms with Crippen LogP contribution in [0.5, 0.6) is 0 Å². The molecule has 2 rings (SSSR count). The van der Waals surface area contributed by atoms with Gasteiger partial charge in [0.15, 0.2) is 0 Å². The molecule has 0 amide bonds. The molecule has 5 nitrogen and oxygen atoms in total. The zero-order valence-electron chi connectivity index (χ0n) is 12.8. The molecular formula is C15H24ClN3O2. The normalized spacial score (nSPS) is 25.2. The fraction of sp³-hybridized carbons (Fsp3) is 0.733. The van der Waals surface area contributed by atoms with Crippen LogP contribution in [-0.4, -0.2) is 34.9 Å². The van der Waals surface area contributed by atoms with Gasteiger partial charge in [-0.3, -0.25) is 9.48 Å². The molecule has 1 aliphatic carbocycles. The molecule has 1 aromatic heterocycles. The molecule has 0 aromatic carbocycles. The number of hydrogen-bond acceptors (Lipinski definition) is 4.